The molecule has 0 radical (unpaired) electrons. The minimum absolute atomic E-state index is 0.0511. The zero-order valence-electron chi connectivity index (χ0n) is 18.7. The van der Waals surface area contributed by atoms with Crippen molar-refractivity contribution in [2.24, 2.45) is 0 Å². The van der Waals surface area contributed by atoms with Gasteiger partial charge in [0.1, 0.15) is 0 Å². The Bertz CT molecular complexity index is 959. The van der Waals surface area contributed by atoms with Gasteiger partial charge in [-0.15, -0.1) is 0 Å². The third-order valence-electron chi connectivity index (χ3n) is 6.66. The summed E-state index contributed by atoms with van der Waals surface area (Å²) in [5.74, 6) is -0.664. The maximum atomic E-state index is 12.9. The summed E-state index contributed by atoms with van der Waals surface area (Å²) in [7, 11) is -3.57. The van der Waals surface area contributed by atoms with Gasteiger partial charge in [-0.05, 0) is 61.6 Å². The van der Waals surface area contributed by atoms with Crippen LogP contribution >= 0.6 is 0 Å². The number of carbonyl (C=O) groups excluding carboxylic acids is 1. The number of amides is 1. The van der Waals surface area contributed by atoms with Gasteiger partial charge in [0, 0.05) is 50.0 Å². The molecule has 0 bridgehead atoms. The van der Waals surface area contributed by atoms with Gasteiger partial charge in [-0.1, -0.05) is 0 Å². The first-order valence-corrected chi connectivity index (χ1v) is 12.7. The maximum Gasteiger partial charge on any atom is 0.253 e. The Morgan fingerprint density at radius 2 is 1.62 bits per heavy atom. The largest absolute Gasteiger partial charge is 0.393 e. The van der Waals surface area contributed by atoms with E-state index in [0.717, 1.165) is 16.7 Å². The summed E-state index contributed by atoms with van der Waals surface area (Å²) in [6.45, 7) is 6.71. The molecule has 1 amide bonds. The fourth-order valence-electron chi connectivity index (χ4n) is 4.72. The number of sulfonamides is 1. The molecule has 1 spiro atoms. The first kappa shape index (κ1) is 23.4. The number of piperidine rings is 2. The molecule has 3 saturated heterocycles. The van der Waals surface area contributed by atoms with E-state index in [1.54, 1.807) is 11.0 Å². The van der Waals surface area contributed by atoms with E-state index in [0.29, 0.717) is 70.6 Å². The molecule has 4 rings (SSSR count). The van der Waals surface area contributed by atoms with Crippen molar-refractivity contribution in [2.75, 3.05) is 39.4 Å². The van der Waals surface area contributed by atoms with E-state index in [9.17, 15) is 18.3 Å². The second-order valence-electron chi connectivity index (χ2n) is 8.90. The molecule has 3 heterocycles. The molecule has 1 N–H and O–H groups in total. The van der Waals surface area contributed by atoms with Gasteiger partial charge in [0.2, 0.25) is 10.0 Å². The van der Waals surface area contributed by atoms with Gasteiger partial charge in [0.25, 0.3) is 5.91 Å². The zero-order chi connectivity index (χ0) is 22.9. The lowest BCUT2D eigenvalue weighted by molar-refractivity contribution is -0.179. The van der Waals surface area contributed by atoms with Crippen LogP contribution in [0.2, 0.25) is 0 Å². The maximum absolute atomic E-state index is 12.9. The monoisotopic (exact) mass is 464 g/mol. The number of hydrogen-bond acceptors (Lipinski definition) is 6. The van der Waals surface area contributed by atoms with Gasteiger partial charge in [0.15, 0.2) is 5.79 Å². The Hall–Kier alpha value is -1.78. The van der Waals surface area contributed by atoms with Crippen molar-refractivity contribution in [1.29, 1.82) is 0 Å². The second kappa shape index (κ2) is 9.23. The van der Waals surface area contributed by atoms with Crippen LogP contribution in [0, 0.1) is 13.8 Å². The van der Waals surface area contributed by atoms with Crippen molar-refractivity contribution in [2.45, 2.75) is 51.4 Å². The van der Waals surface area contributed by atoms with Crippen LogP contribution in [0.25, 0.3) is 6.08 Å². The molecule has 3 aliphatic heterocycles. The molecular formula is C23H32N2O6S. The van der Waals surface area contributed by atoms with Crippen molar-refractivity contribution < 1.29 is 27.8 Å². The summed E-state index contributed by atoms with van der Waals surface area (Å²) >= 11 is 0. The van der Waals surface area contributed by atoms with Gasteiger partial charge in [0.05, 0.1) is 19.3 Å². The third-order valence-corrected chi connectivity index (χ3v) is 8.22. The van der Waals surface area contributed by atoms with Crippen LogP contribution in [0.4, 0.5) is 0 Å². The summed E-state index contributed by atoms with van der Waals surface area (Å²) in [6.07, 6.45) is 3.54. The number of nitrogens with zero attached hydrogens (tertiary/aromatic N) is 2. The number of aryl methyl sites for hydroxylation is 2. The molecule has 3 fully saturated rings. The molecule has 0 aromatic heterocycles. The van der Waals surface area contributed by atoms with Crippen LogP contribution in [0.1, 0.15) is 52.7 Å². The Balaban J connectivity index is 1.45. The predicted molar refractivity (Wildman–Crippen MR) is 120 cm³/mol. The van der Waals surface area contributed by atoms with Crippen molar-refractivity contribution in [3.8, 4) is 0 Å². The molecule has 3 aliphatic rings. The number of hydrogen-bond donors (Lipinski definition) is 1. The van der Waals surface area contributed by atoms with Crippen LogP contribution in [-0.2, 0) is 19.5 Å². The fraction of sp³-hybridized carbons (Fsp3) is 0.609. The lowest BCUT2D eigenvalue weighted by Crippen LogP contribution is -2.46. The van der Waals surface area contributed by atoms with Crippen LogP contribution < -0.4 is 0 Å². The zero-order valence-corrected chi connectivity index (χ0v) is 19.6. The van der Waals surface area contributed by atoms with E-state index < -0.39 is 15.8 Å². The summed E-state index contributed by atoms with van der Waals surface area (Å²) in [6, 6.07) is 3.62. The summed E-state index contributed by atoms with van der Waals surface area (Å²) in [4.78, 5) is 14.6. The Morgan fingerprint density at radius 1 is 1.06 bits per heavy atom. The molecular weight excluding hydrogens is 432 g/mol. The highest BCUT2D eigenvalue weighted by atomic mass is 32.2. The second-order valence-corrected chi connectivity index (χ2v) is 10.7. The predicted octanol–water partition coefficient (Wildman–Crippen LogP) is 2.04. The fourth-order valence-corrected chi connectivity index (χ4v) is 5.89. The topological polar surface area (TPSA) is 96.4 Å². The van der Waals surface area contributed by atoms with E-state index in [-0.39, 0.29) is 12.0 Å². The number of rotatable bonds is 4. The van der Waals surface area contributed by atoms with E-state index in [1.807, 2.05) is 26.0 Å². The van der Waals surface area contributed by atoms with E-state index in [1.165, 1.54) is 9.71 Å². The summed E-state index contributed by atoms with van der Waals surface area (Å²) in [5, 5.41) is 10.9. The van der Waals surface area contributed by atoms with Gasteiger partial charge >= 0.3 is 0 Å². The number of carbonyl (C=O) groups is 1. The van der Waals surface area contributed by atoms with Gasteiger partial charge in [-0.3, -0.25) is 4.79 Å². The normalized spacial score (nSPS) is 22.8. The van der Waals surface area contributed by atoms with Gasteiger partial charge in [-0.25, -0.2) is 8.42 Å². The lowest BCUT2D eigenvalue weighted by atomic mass is 9.98. The average molecular weight is 465 g/mol. The van der Waals surface area contributed by atoms with Crippen LogP contribution in [0.15, 0.2) is 17.5 Å². The van der Waals surface area contributed by atoms with E-state index in [2.05, 4.69) is 0 Å². The Morgan fingerprint density at radius 3 is 2.19 bits per heavy atom. The number of ether oxygens (including phenoxy) is 2. The molecule has 9 heteroatoms. The number of aliphatic hydroxyl groups excluding tert-OH is 1. The molecule has 176 valence electrons. The quantitative estimate of drug-likeness (QED) is 0.733. The minimum Gasteiger partial charge on any atom is -0.393 e. The third kappa shape index (κ3) is 4.92. The van der Waals surface area contributed by atoms with Crippen LogP contribution in [0.5, 0.6) is 0 Å². The van der Waals surface area contributed by atoms with Crippen LogP contribution in [0.3, 0.4) is 0 Å². The standard InChI is InChI=1S/C23H32N2O6S/c1-17-15-19(22(27)24-8-3-20(26)4-9-24)16-18(2)21(17)5-14-32(28,29)25-10-6-23(7-11-25)30-12-13-31-23/h5,14-16,20,26H,3-4,6-13H2,1-2H3. The Kier molecular flexibility index (Phi) is 6.74. The lowest BCUT2D eigenvalue weighted by Gasteiger charge is -2.36. The number of benzene rings is 1. The number of likely N-dealkylation sites (tertiary alicyclic amines) is 1. The first-order chi connectivity index (χ1) is 15.2. The van der Waals surface area contributed by atoms with Crippen molar-refractivity contribution in [1.82, 2.24) is 9.21 Å². The molecule has 1 aromatic rings. The molecule has 32 heavy (non-hydrogen) atoms. The van der Waals surface area contributed by atoms with Crippen molar-refractivity contribution in [3.63, 3.8) is 0 Å². The highest BCUT2D eigenvalue weighted by Gasteiger charge is 2.41. The molecule has 0 unspecified atom stereocenters. The molecule has 0 saturated carbocycles. The summed E-state index contributed by atoms with van der Waals surface area (Å²) < 4.78 is 38.6. The van der Waals surface area contributed by atoms with Gasteiger partial charge in [-0.2, -0.15) is 4.31 Å². The van der Waals surface area contributed by atoms with E-state index >= 15 is 0 Å². The summed E-state index contributed by atoms with van der Waals surface area (Å²) in [5.41, 5.74) is 3.09. The highest BCUT2D eigenvalue weighted by Crippen LogP contribution is 2.32. The molecule has 1 aromatic carbocycles. The average Bonchev–Trinajstić information content (AvgIpc) is 3.21. The molecule has 0 atom stereocenters. The van der Waals surface area contributed by atoms with Crippen LogP contribution in [-0.4, -0.2) is 79.9 Å². The minimum atomic E-state index is -3.57. The highest BCUT2D eigenvalue weighted by molar-refractivity contribution is 7.92. The first-order valence-electron chi connectivity index (χ1n) is 11.2. The van der Waals surface area contributed by atoms with Crippen molar-refractivity contribution in [3.05, 3.63) is 39.8 Å². The number of aliphatic hydroxyl groups is 1. The smallest absolute Gasteiger partial charge is 0.253 e. The molecule has 0 aliphatic carbocycles. The molecule has 8 nitrogen and oxygen atoms in total. The van der Waals surface area contributed by atoms with Crippen molar-refractivity contribution >= 4 is 22.0 Å². The van der Waals surface area contributed by atoms with E-state index in [4.69, 9.17) is 9.47 Å². The Labute approximate surface area is 189 Å². The van der Waals surface area contributed by atoms with Gasteiger partial charge < -0.3 is 19.5 Å². The SMILES string of the molecule is Cc1cc(C(=O)N2CCC(O)CC2)cc(C)c1C=CS(=O)(=O)N1CCC2(CC1)OCCO2.